The molecule has 1 aromatic heterocycles. The van der Waals surface area contributed by atoms with Crippen molar-refractivity contribution in [1.29, 1.82) is 0 Å². The fourth-order valence-corrected chi connectivity index (χ4v) is 1.50. The van der Waals surface area contributed by atoms with Crippen LogP contribution in [0, 0.1) is 6.92 Å². The van der Waals surface area contributed by atoms with E-state index in [9.17, 15) is 4.79 Å². The van der Waals surface area contributed by atoms with E-state index in [0.717, 1.165) is 11.1 Å². The third-order valence-electron chi connectivity index (χ3n) is 2.40. The minimum atomic E-state index is -0.289. The Kier molecular flexibility index (Phi) is 3.18. The van der Waals surface area contributed by atoms with Gasteiger partial charge in [-0.1, -0.05) is 29.4 Å². The van der Waals surface area contributed by atoms with Gasteiger partial charge in [0.15, 0.2) is 0 Å². The Morgan fingerprint density at radius 2 is 2.06 bits per heavy atom. The first kappa shape index (κ1) is 11.3. The van der Waals surface area contributed by atoms with Crippen molar-refractivity contribution in [2.45, 2.75) is 19.8 Å². The molecule has 0 saturated heterocycles. The van der Waals surface area contributed by atoms with Gasteiger partial charge in [0.2, 0.25) is 17.6 Å². The van der Waals surface area contributed by atoms with Gasteiger partial charge in [-0.3, -0.25) is 4.79 Å². The Balaban J connectivity index is 2.10. The lowest BCUT2D eigenvalue weighted by atomic mass is 10.1. The van der Waals surface area contributed by atoms with E-state index in [4.69, 9.17) is 10.3 Å². The zero-order valence-corrected chi connectivity index (χ0v) is 9.51. The average molecular weight is 231 g/mol. The number of nitrogens with two attached hydrogens (primary N) is 1. The molecule has 1 amide bonds. The highest BCUT2D eigenvalue weighted by molar-refractivity contribution is 5.74. The van der Waals surface area contributed by atoms with E-state index >= 15 is 0 Å². The first-order chi connectivity index (χ1) is 8.15. The molecule has 5 nitrogen and oxygen atoms in total. The average Bonchev–Trinajstić information content (AvgIpc) is 2.74. The van der Waals surface area contributed by atoms with Crippen LogP contribution < -0.4 is 5.73 Å². The number of aromatic nitrogens is 2. The second-order valence-electron chi connectivity index (χ2n) is 3.80. The Labute approximate surface area is 98.6 Å². The van der Waals surface area contributed by atoms with Crippen molar-refractivity contribution in [3.63, 3.8) is 0 Å². The summed E-state index contributed by atoms with van der Waals surface area (Å²) < 4.78 is 4.91. The number of nitrogens with zero attached hydrogens (tertiary/aromatic N) is 2. The van der Waals surface area contributed by atoms with E-state index in [1.165, 1.54) is 0 Å². The maximum atomic E-state index is 10.7. The van der Waals surface area contributed by atoms with E-state index in [-0.39, 0.29) is 5.91 Å². The molecule has 17 heavy (non-hydrogen) atoms. The smallest absolute Gasteiger partial charge is 0.223 e. The summed E-state index contributed by atoms with van der Waals surface area (Å²) in [6.45, 7) is 1.75. The van der Waals surface area contributed by atoms with E-state index < -0.39 is 0 Å². The van der Waals surface area contributed by atoms with Crippen molar-refractivity contribution in [2.24, 2.45) is 5.73 Å². The number of hydrogen-bond donors (Lipinski definition) is 1. The van der Waals surface area contributed by atoms with Gasteiger partial charge in [0.25, 0.3) is 0 Å². The van der Waals surface area contributed by atoms with Crippen LogP contribution in [0.25, 0.3) is 11.4 Å². The summed E-state index contributed by atoms with van der Waals surface area (Å²) in [4.78, 5) is 14.8. The Morgan fingerprint density at radius 1 is 1.35 bits per heavy atom. The molecule has 88 valence electrons. The topological polar surface area (TPSA) is 82.0 Å². The van der Waals surface area contributed by atoms with Crippen LogP contribution in [0.2, 0.25) is 0 Å². The first-order valence-corrected chi connectivity index (χ1v) is 5.33. The van der Waals surface area contributed by atoms with Crippen molar-refractivity contribution in [3.8, 4) is 11.4 Å². The molecule has 0 aliphatic rings. The summed E-state index contributed by atoms with van der Waals surface area (Å²) in [5.41, 5.74) is 7.05. The molecule has 2 N–H and O–H groups in total. The minimum Gasteiger partial charge on any atom is -0.370 e. The Bertz CT molecular complexity index is 517. The van der Waals surface area contributed by atoms with E-state index in [1.807, 2.05) is 24.3 Å². The molecule has 1 aromatic carbocycles. The van der Waals surface area contributed by atoms with Gasteiger partial charge in [0.05, 0.1) is 0 Å². The molecular weight excluding hydrogens is 218 g/mol. The minimum absolute atomic E-state index is 0.289. The zero-order chi connectivity index (χ0) is 12.3. The summed E-state index contributed by atoms with van der Waals surface area (Å²) in [5.74, 6) is 0.824. The highest BCUT2D eigenvalue weighted by Gasteiger charge is 2.05. The van der Waals surface area contributed by atoms with Crippen molar-refractivity contribution in [1.82, 2.24) is 10.1 Å². The van der Waals surface area contributed by atoms with Gasteiger partial charge in [0, 0.05) is 18.9 Å². The number of benzene rings is 1. The first-order valence-electron chi connectivity index (χ1n) is 5.33. The van der Waals surface area contributed by atoms with Gasteiger partial charge >= 0.3 is 0 Å². The fraction of sp³-hybridized carbons (Fsp3) is 0.250. The molecule has 0 bridgehead atoms. The highest BCUT2D eigenvalue weighted by Crippen LogP contribution is 2.16. The SMILES string of the molecule is Cc1nc(-c2ccc(CCC(N)=O)cc2)no1. The molecule has 0 aliphatic carbocycles. The van der Waals surface area contributed by atoms with Crippen molar-refractivity contribution in [3.05, 3.63) is 35.7 Å². The van der Waals surface area contributed by atoms with Crippen molar-refractivity contribution < 1.29 is 9.32 Å². The maximum absolute atomic E-state index is 10.7. The molecule has 0 fully saturated rings. The molecule has 0 saturated carbocycles. The van der Waals surface area contributed by atoms with E-state index in [2.05, 4.69) is 10.1 Å². The molecule has 0 aliphatic heterocycles. The van der Waals surface area contributed by atoms with Crippen LogP contribution in [0.1, 0.15) is 17.9 Å². The van der Waals surface area contributed by atoms with Gasteiger partial charge < -0.3 is 10.3 Å². The number of hydrogen-bond acceptors (Lipinski definition) is 4. The molecule has 1 heterocycles. The third-order valence-corrected chi connectivity index (χ3v) is 2.40. The molecule has 2 aromatic rings. The van der Waals surface area contributed by atoms with Crippen molar-refractivity contribution >= 4 is 5.91 Å². The van der Waals surface area contributed by atoms with Crippen LogP contribution in [0.4, 0.5) is 0 Å². The van der Waals surface area contributed by atoms with Crippen LogP contribution in [0.15, 0.2) is 28.8 Å². The molecule has 5 heteroatoms. The lowest BCUT2D eigenvalue weighted by Crippen LogP contribution is -2.11. The molecular formula is C12H13N3O2. The van der Waals surface area contributed by atoms with Crippen LogP contribution in [-0.2, 0) is 11.2 Å². The molecule has 0 spiro atoms. The molecule has 2 rings (SSSR count). The lowest BCUT2D eigenvalue weighted by Gasteiger charge is -2.00. The second-order valence-corrected chi connectivity index (χ2v) is 3.80. The summed E-state index contributed by atoms with van der Waals surface area (Å²) in [6.07, 6.45) is 1.02. The van der Waals surface area contributed by atoms with Gasteiger partial charge in [-0.2, -0.15) is 4.98 Å². The molecule has 0 unspecified atom stereocenters. The van der Waals surface area contributed by atoms with Gasteiger partial charge in [-0.15, -0.1) is 0 Å². The number of carbonyl (C=O) groups is 1. The van der Waals surface area contributed by atoms with Crippen LogP contribution >= 0.6 is 0 Å². The summed E-state index contributed by atoms with van der Waals surface area (Å²) in [6, 6.07) is 7.68. The number of primary amides is 1. The van der Waals surface area contributed by atoms with Crippen LogP contribution in [0.3, 0.4) is 0 Å². The molecule has 0 radical (unpaired) electrons. The maximum Gasteiger partial charge on any atom is 0.223 e. The monoisotopic (exact) mass is 231 g/mol. The standard InChI is InChI=1S/C12H13N3O2/c1-8-14-12(15-17-8)10-5-2-9(3-6-10)4-7-11(13)16/h2-3,5-6H,4,7H2,1H3,(H2,13,16). The zero-order valence-electron chi connectivity index (χ0n) is 9.51. The number of carbonyl (C=O) groups excluding carboxylic acids is 1. The summed E-state index contributed by atoms with van der Waals surface area (Å²) in [7, 11) is 0. The summed E-state index contributed by atoms with van der Waals surface area (Å²) >= 11 is 0. The van der Waals surface area contributed by atoms with E-state index in [1.54, 1.807) is 6.92 Å². The third kappa shape index (κ3) is 2.90. The Morgan fingerprint density at radius 3 is 2.59 bits per heavy atom. The number of amides is 1. The summed E-state index contributed by atoms with van der Waals surface area (Å²) in [5, 5.41) is 3.83. The fourth-order valence-electron chi connectivity index (χ4n) is 1.50. The van der Waals surface area contributed by atoms with Crippen molar-refractivity contribution in [2.75, 3.05) is 0 Å². The quantitative estimate of drug-likeness (QED) is 0.863. The van der Waals surface area contributed by atoms with Gasteiger partial charge in [0.1, 0.15) is 0 Å². The van der Waals surface area contributed by atoms with E-state index in [0.29, 0.717) is 24.6 Å². The highest BCUT2D eigenvalue weighted by atomic mass is 16.5. The predicted molar refractivity (Wildman–Crippen MR) is 62.0 cm³/mol. The number of aryl methyl sites for hydroxylation is 2. The second kappa shape index (κ2) is 4.78. The Hall–Kier alpha value is -2.17. The molecule has 0 atom stereocenters. The number of rotatable bonds is 4. The van der Waals surface area contributed by atoms with Crippen LogP contribution in [-0.4, -0.2) is 16.0 Å². The lowest BCUT2D eigenvalue weighted by molar-refractivity contribution is -0.117. The van der Waals surface area contributed by atoms with Gasteiger partial charge in [-0.05, 0) is 12.0 Å². The predicted octanol–water partition coefficient (Wildman–Crippen LogP) is 1.46. The largest absolute Gasteiger partial charge is 0.370 e. The van der Waals surface area contributed by atoms with Gasteiger partial charge in [-0.25, -0.2) is 0 Å². The normalized spacial score (nSPS) is 10.4. The van der Waals surface area contributed by atoms with Crippen LogP contribution in [0.5, 0.6) is 0 Å².